The van der Waals surface area contributed by atoms with E-state index in [-0.39, 0.29) is 17.8 Å². The number of hydrogen-bond acceptors (Lipinski definition) is 3. The molecule has 5 nitrogen and oxygen atoms in total. The predicted octanol–water partition coefficient (Wildman–Crippen LogP) is 3.44. The largest absolute Gasteiger partial charge is 0.370 e. The molecule has 1 aromatic heterocycles. The molecule has 0 bridgehead atoms. The summed E-state index contributed by atoms with van der Waals surface area (Å²) in [6, 6.07) is 10.00. The van der Waals surface area contributed by atoms with Crippen LogP contribution in [0.5, 0.6) is 0 Å². The summed E-state index contributed by atoms with van der Waals surface area (Å²) in [5, 5.41) is 3.36. The van der Waals surface area contributed by atoms with Gasteiger partial charge in [-0.05, 0) is 50.2 Å². The standard InChI is InChI=1S/C18H21ClFN5/c19-13-6-5-7-14(20)17(13)15(25-10-3-4-11-25)12-23-18(21)24-16-8-1-2-9-22-16/h1-2,5-9,15H,3-4,10-12H2,(H3,21,22,23,24). The van der Waals surface area contributed by atoms with Gasteiger partial charge in [0.05, 0.1) is 12.6 Å². The minimum Gasteiger partial charge on any atom is -0.370 e. The average molecular weight is 362 g/mol. The Morgan fingerprint density at radius 3 is 2.76 bits per heavy atom. The second-order valence-corrected chi connectivity index (χ2v) is 6.37. The molecule has 1 aromatic carbocycles. The van der Waals surface area contributed by atoms with Gasteiger partial charge in [-0.25, -0.2) is 9.37 Å². The molecule has 1 aliphatic heterocycles. The highest BCUT2D eigenvalue weighted by Crippen LogP contribution is 2.32. The van der Waals surface area contributed by atoms with Crippen molar-refractivity contribution in [2.45, 2.75) is 18.9 Å². The topological polar surface area (TPSA) is 66.5 Å². The Morgan fingerprint density at radius 2 is 2.08 bits per heavy atom. The molecular formula is C18H21ClFN5. The van der Waals surface area contributed by atoms with E-state index in [0.29, 0.717) is 22.9 Å². The number of nitrogens with two attached hydrogens (primary N) is 1. The summed E-state index contributed by atoms with van der Waals surface area (Å²) < 4.78 is 14.4. The zero-order valence-corrected chi connectivity index (χ0v) is 14.6. The highest BCUT2D eigenvalue weighted by atomic mass is 35.5. The van der Waals surface area contributed by atoms with Gasteiger partial charge in [-0.2, -0.15) is 0 Å². The Morgan fingerprint density at radius 1 is 1.28 bits per heavy atom. The number of likely N-dealkylation sites (tertiary alicyclic amines) is 1. The van der Waals surface area contributed by atoms with Gasteiger partial charge in [-0.3, -0.25) is 9.89 Å². The molecule has 2 heterocycles. The van der Waals surface area contributed by atoms with Gasteiger partial charge in [0.2, 0.25) is 0 Å². The molecular weight excluding hydrogens is 341 g/mol. The van der Waals surface area contributed by atoms with Crippen LogP contribution in [0.1, 0.15) is 24.4 Å². The highest BCUT2D eigenvalue weighted by molar-refractivity contribution is 6.31. The minimum atomic E-state index is -0.309. The molecule has 132 valence electrons. The summed E-state index contributed by atoms with van der Waals surface area (Å²) in [6.45, 7) is 2.13. The van der Waals surface area contributed by atoms with Gasteiger partial charge in [0, 0.05) is 16.8 Å². The summed E-state index contributed by atoms with van der Waals surface area (Å²) in [7, 11) is 0. The fourth-order valence-corrected chi connectivity index (χ4v) is 3.35. The number of pyridine rings is 1. The normalized spacial score (nSPS) is 16.8. The number of aromatic nitrogens is 1. The number of rotatable bonds is 5. The molecule has 2 aromatic rings. The molecule has 1 aliphatic rings. The zero-order valence-electron chi connectivity index (χ0n) is 13.8. The molecule has 0 radical (unpaired) electrons. The molecule has 1 saturated heterocycles. The third-order valence-corrected chi connectivity index (χ3v) is 4.60. The Kier molecular flexibility index (Phi) is 5.83. The van der Waals surface area contributed by atoms with Crippen molar-refractivity contribution in [2.75, 3.05) is 25.0 Å². The van der Waals surface area contributed by atoms with E-state index in [1.165, 1.54) is 6.07 Å². The Balaban J connectivity index is 1.79. The number of nitrogens with one attached hydrogen (secondary N) is 1. The monoisotopic (exact) mass is 361 g/mol. The lowest BCUT2D eigenvalue weighted by Gasteiger charge is -2.27. The van der Waals surface area contributed by atoms with Gasteiger partial charge >= 0.3 is 0 Å². The number of aliphatic imine (C=N–C) groups is 1. The lowest BCUT2D eigenvalue weighted by Crippen LogP contribution is -2.31. The summed E-state index contributed by atoms with van der Waals surface area (Å²) in [5.41, 5.74) is 6.45. The number of nitrogens with zero attached hydrogens (tertiary/aromatic N) is 3. The molecule has 25 heavy (non-hydrogen) atoms. The van der Waals surface area contributed by atoms with Crippen LogP contribution in [0.4, 0.5) is 10.2 Å². The van der Waals surface area contributed by atoms with Gasteiger partial charge in [0.15, 0.2) is 5.96 Å². The maximum atomic E-state index is 14.4. The van der Waals surface area contributed by atoms with Crippen molar-refractivity contribution in [2.24, 2.45) is 10.7 Å². The second kappa shape index (κ2) is 8.27. The summed E-state index contributed by atoms with van der Waals surface area (Å²) in [6.07, 6.45) is 3.85. The van der Waals surface area contributed by atoms with E-state index in [1.54, 1.807) is 24.4 Å². The Labute approximate surface area is 151 Å². The first-order valence-electron chi connectivity index (χ1n) is 8.31. The van der Waals surface area contributed by atoms with Crippen LogP contribution in [0.15, 0.2) is 47.6 Å². The molecule has 1 atom stereocenters. The number of benzene rings is 1. The second-order valence-electron chi connectivity index (χ2n) is 5.96. The van der Waals surface area contributed by atoms with Crippen LogP contribution in [0.2, 0.25) is 5.02 Å². The maximum Gasteiger partial charge on any atom is 0.194 e. The summed E-state index contributed by atoms with van der Waals surface area (Å²) in [5.74, 6) is 0.552. The van der Waals surface area contributed by atoms with Crippen LogP contribution in [0.3, 0.4) is 0 Å². The van der Waals surface area contributed by atoms with Crippen molar-refractivity contribution in [3.05, 3.63) is 59.0 Å². The highest BCUT2D eigenvalue weighted by Gasteiger charge is 2.27. The van der Waals surface area contributed by atoms with Crippen LogP contribution < -0.4 is 11.1 Å². The van der Waals surface area contributed by atoms with Crippen molar-refractivity contribution in [1.82, 2.24) is 9.88 Å². The summed E-state index contributed by atoms with van der Waals surface area (Å²) in [4.78, 5) is 10.8. The molecule has 0 amide bonds. The average Bonchev–Trinajstić information content (AvgIpc) is 3.12. The van der Waals surface area contributed by atoms with Gasteiger partial charge in [-0.15, -0.1) is 0 Å². The van der Waals surface area contributed by atoms with Crippen molar-refractivity contribution < 1.29 is 4.39 Å². The fourth-order valence-electron chi connectivity index (χ4n) is 3.06. The lowest BCUT2D eigenvalue weighted by molar-refractivity contribution is 0.246. The SMILES string of the molecule is NC(=NCC(c1c(F)cccc1Cl)N1CCCC1)Nc1ccccn1. The molecule has 0 spiro atoms. The minimum absolute atomic E-state index is 0.236. The van der Waals surface area contributed by atoms with E-state index < -0.39 is 0 Å². The van der Waals surface area contributed by atoms with E-state index in [1.807, 2.05) is 12.1 Å². The molecule has 3 N–H and O–H groups in total. The van der Waals surface area contributed by atoms with Gasteiger partial charge in [-0.1, -0.05) is 23.7 Å². The number of halogens is 2. The van der Waals surface area contributed by atoms with Crippen LogP contribution in [0.25, 0.3) is 0 Å². The quantitative estimate of drug-likeness (QED) is 0.632. The summed E-state index contributed by atoms with van der Waals surface area (Å²) >= 11 is 6.28. The zero-order chi connectivity index (χ0) is 17.6. The molecule has 0 saturated carbocycles. The first-order chi connectivity index (χ1) is 12.1. The van der Waals surface area contributed by atoms with Crippen LogP contribution >= 0.6 is 11.6 Å². The van der Waals surface area contributed by atoms with E-state index in [9.17, 15) is 4.39 Å². The third-order valence-electron chi connectivity index (χ3n) is 4.27. The van der Waals surface area contributed by atoms with Gasteiger partial charge < -0.3 is 11.1 Å². The van der Waals surface area contributed by atoms with Gasteiger partial charge in [0.1, 0.15) is 11.6 Å². The Hall–Kier alpha value is -2.18. The van der Waals surface area contributed by atoms with Crippen LogP contribution in [-0.4, -0.2) is 35.5 Å². The van der Waals surface area contributed by atoms with Crippen molar-refractivity contribution in [3.63, 3.8) is 0 Å². The smallest absolute Gasteiger partial charge is 0.194 e. The first-order valence-corrected chi connectivity index (χ1v) is 8.69. The molecule has 1 fully saturated rings. The van der Waals surface area contributed by atoms with E-state index in [4.69, 9.17) is 17.3 Å². The number of hydrogen-bond donors (Lipinski definition) is 2. The molecule has 3 rings (SSSR count). The third kappa shape index (κ3) is 4.46. The Bertz CT molecular complexity index is 711. The van der Waals surface area contributed by atoms with Gasteiger partial charge in [0.25, 0.3) is 0 Å². The lowest BCUT2D eigenvalue weighted by atomic mass is 10.0. The first kappa shape index (κ1) is 17.6. The number of anilines is 1. The molecule has 7 heteroatoms. The van der Waals surface area contributed by atoms with Crippen molar-refractivity contribution in [1.29, 1.82) is 0 Å². The number of guanidine groups is 1. The fraction of sp³-hybridized carbons (Fsp3) is 0.333. The van der Waals surface area contributed by atoms with Crippen LogP contribution in [0, 0.1) is 5.82 Å². The molecule has 1 unspecified atom stereocenters. The van der Waals surface area contributed by atoms with E-state index >= 15 is 0 Å². The maximum absolute atomic E-state index is 14.4. The van der Waals surface area contributed by atoms with E-state index in [2.05, 4.69) is 20.2 Å². The van der Waals surface area contributed by atoms with Crippen molar-refractivity contribution in [3.8, 4) is 0 Å². The predicted molar refractivity (Wildman–Crippen MR) is 99.3 cm³/mol. The molecule has 0 aliphatic carbocycles. The van der Waals surface area contributed by atoms with Crippen LogP contribution in [-0.2, 0) is 0 Å². The van der Waals surface area contributed by atoms with E-state index in [0.717, 1.165) is 25.9 Å². The van der Waals surface area contributed by atoms with Crippen molar-refractivity contribution >= 4 is 23.4 Å².